The average Bonchev–Trinajstić information content (AvgIpc) is 2.91. The molecule has 0 aliphatic carbocycles. The highest BCUT2D eigenvalue weighted by Crippen LogP contribution is 2.35. The molecule has 0 fully saturated rings. The molecule has 28 heavy (non-hydrogen) atoms. The van der Waals surface area contributed by atoms with E-state index in [9.17, 15) is 0 Å². The smallest absolute Gasteiger partial charge is 0.159 e. The second-order valence-corrected chi connectivity index (χ2v) is 7.34. The molecule has 0 spiro atoms. The minimum Gasteiger partial charge on any atom is -0.340 e. The predicted octanol–water partition coefficient (Wildman–Crippen LogP) is 4.88. The van der Waals surface area contributed by atoms with E-state index in [-0.39, 0.29) is 0 Å². The maximum Gasteiger partial charge on any atom is 0.159 e. The van der Waals surface area contributed by atoms with E-state index in [1.165, 1.54) is 27.7 Å². The molecule has 4 nitrogen and oxygen atoms in total. The zero-order chi connectivity index (χ0) is 18.9. The normalized spacial score (nSPS) is 14.7. The number of nitrogens with zero attached hydrogens (tertiary/aromatic N) is 4. The first-order valence-electron chi connectivity index (χ1n) is 9.63. The largest absolute Gasteiger partial charge is 0.340 e. The van der Waals surface area contributed by atoms with Crippen LogP contribution in [0.2, 0.25) is 0 Å². The Hall–Kier alpha value is -3.24. The zero-order valence-corrected chi connectivity index (χ0v) is 15.9. The average molecular weight is 366 g/mol. The molecular weight excluding hydrogens is 344 g/mol. The van der Waals surface area contributed by atoms with Crippen LogP contribution in [0, 0.1) is 0 Å². The molecule has 4 heteroatoms. The van der Waals surface area contributed by atoms with Gasteiger partial charge in [0.2, 0.25) is 0 Å². The van der Waals surface area contributed by atoms with E-state index in [4.69, 9.17) is 0 Å². The molecule has 0 saturated heterocycles. The second-order valence-electron chi connectivity index (χ2n) is 7.34. The van der Waals surface area contributed by atoms with Crippen LogP contribution >= 0.6 is 0 Å². The van der Waals surface area contributed by atoms with Crippen LogP contribution in [0.4, 0.5) is 11.4 Å². The summed E-state index contributed by atoms with van der Waals surface area (Å²) >= 11 is 0. The van der Waals surface area contributed by atoms with Gasteiger partial charge in [-0.3, -0.25) is 0 Å². The van der Waals surface area contributed by atoms with E-state index in [1.807, 2.05) is 6.07 Å². The molecule has 0 saturated carbocycles. The molecule has 0 atom stereocenters. The van der Waals surface area contributed by atoms with Crippen molar-refractivity contribution in [3.63, 3.8) is 0 Å². The standard InChI is InChI=1S/C24H22N4/c1-27-13-14-28(22-9-7-18-5-2-3-6-19(18)16-22)23-10-8-20(15-21(23)17-27)24-25-11-4-12-26-24/h2-12,15-16H,13-14,17H2,1H3. The van der Waals surface area contributed by atoms with Crippen molar-refractivity contribution in [2.45, 2.75) is 6.54 Å². The Balaban J connectivity index is 1.60. The zero-order valence-electron chi connectivity index (χ0n) is 15.9. The molecule has 0 amide bonds. The van der Waals surface area contributed by atoms with Crippen LogP contribution in [0.25, 0.3) is 22.2 Å². The SMILES string of the molecule is CN1CCN(c2ccc3ccccc3c2)c2ccc(-c3ncccn3)cc2C1. The number of fused-ring (bicyclic) bond motifs is 2. The Labute approximate surface area is 165 Å². The molecule has 1 aliphatic heterocycles. The first kappa shape index (κ1) is 16.9. The summed E-state index contributed by atoms with van der Waals surface area (Å²) in [5.41, 5.74) is 4.87. The van der Waals surface area contributed by atoms with E-state index in [1.54, 1.807) is 12.4 Å². The topological polar surface area (TPSA) is 32.3 Å². The van der Waals surface area contributed by atoms with Gasteiger partial charge in [0.25, 0.3) is 0 Å². The lowest BCUT2D eigenvalue weighted by atomic mass is 10.1. The summed E-state index contributed by atoms with van der Waals surface area (Å²) in [6, 6.07) is 23.7. The number of aromatic nitrogens is 2. The summed E-state index contributed by atoms with van der Waals surface area (Å²) in [5.74, 6) is 0.773. The molecule has 0 bridgehead atoms. The van der Waals surface area contributed by atoms with E-state index in [2.05, 4.69) is 87.5 Å². The van der Waals surface area contributed by atoms with Crippen molar-refractivity contribution in [2.75, 3.05) is 25.0 Å². The van der Waals surface area contributed by atoms with Gasteiger partial charge in [-0.25, -0.2) is 9.97 Å². The summed E-state index contributed by atoms with van der Waals surface area (Å²) in [6.07, 6.45) is 3.59. The van der Waals surface area contributed by atoms with Gasteiger partial charge in [0.1, 0.15) is 0 Å². The van der Waals surface area contributed by atoms with Crippen LogP contribution in [0.3, 0.4) is 0 Å². The van der Waals surface area contributed by atoms with Gasteiger partial charge in [-0.1, -0.05) is 30.3 Å². The van der Waals surface area contributed by atoms with Crippen molar-refractivity contribution < 1.29 is 0 Å². The number of hydrogen-bond acceptors (Lipinski definition) is 4. The van der Waals surface area contributed by atoms with Gasteiger partial charge in [0.15, 0.2) is 5.82 Å². The minimum atomic E-state index is 0.773. The summed E-state index contributed by atoms with van der Waals surface area (Å²) in [7, 11) is 2.18. The third-order valence-electron chi connectivity index (χ3n) is 5.38. The van der Waals surface area contributed by atoms with Crippen LogP contribution in [-0.2, 0) is 6.54 Å². The third kappa shape index (κ3) is 3.12. The van der Waals surface area contributed by atoms with Crippen molar-refractivity contribution in [2.24, 2.45) is 0 Å². The Kier molecular flexibility index (Phi) is 4.26. The van der Waals surface area contributed by atoms with E-state index in [0.29, 0.717) is 0 Å². The maximum absolute atomic E-state index is 4.41. The Bertz CT molecular complexity index is 1120. The second kappa shape index (κ2) is 7.06. The van der Waals surface area contributed by atoms with E-state index in [0.717, 1.165) is 31.0 Å². The highest BCUT2D eigenvalue weighted by molar-refractivity contribution is 5.87. The van der Waals surface area contributed by atoms with Crippen molar-refractivity contribution in [1.82, 2.24) is 14.9 Å². The Morgan fingerprint density at radius 2 is 1.61 bits per heavy atom. The quantitative estimate of drug-likeness (QED) is 0.506. The fourth-order valence-electron chi connectivity index (χ4n) is 3.94. The molecule has 0 radical (unpaired) electrons. The van der Waals surface area contributed by atoms with Crippen LogP contribution < -0.4 is 4.90 Å². The lowest BCUT2D eigenvalue weighted by Gasteiger charge is -2.25. The molecular formula is C24H22N4. The number of anilines is 2. The van der Waals surface area contributed by atoms with Gasteiger partial charge in [-0.2, -0.15) is 0 Å². The minimum absolute atomic E-state index is 0.773. The third-order valence-corrected chi connectivity index (χ3v) is 5.38. The van der Waals surface area contributed by atoms with Gasteiger partial charge in [0.05, 0.1) is 0 Å². The van der Waals surface area contributed by atoms with Crippen molar-refractivity contribution in [1.29, 1.82) is 0 Å². The van der Waals surface area contributed by atoms with Crippen molar-refractivity contribution in [3.8, 4) is 11.4 Å². The van der Waals surface area contributed by atoms with Crippen molar-refractivity contribution in [3.05, 3.63) is 84.7 Å². The van der Waals surface area contributed by atoms with Crippen LogP contribution in [0.15, 0.2) is 79.1 Å². The van der Waals surface area contributed by atoms with Crippen LogP contribution in [-0.4, -0.2) is 35.0 Å². The summed E-state index contributed by atoms with van der Waals surface area (Å²) in [4.78, 5) is 13.6. The lowest BCUT2D eigenvalue weighted by Crippen LogP contribution is -2.26. The fraction of sp³-hybridized carbons (Fsp3) is 0.167. The summed E-state index contributed by atoms with van der Waals surface area (Å²) in [6.45, 7) is 2.89. The van der Waals surface area contributed by atoms with Gasteiger partial charge < -0.3 is 9.80 Å². The van der Waals surface area contributed by atoms with E-state index < -0.39 is 0 Å². The molecule has 0 unspecified atom stereocenters. The maximum atomic E-state index is 4.41. The molecule has 0 N–H and O–H groups in total. The van der Waals surface area contributed by atoms with Gasteiger partial charge in [0, 0.05) is 49.0 Å². The molecule has 3 aromatic carbocycles. The van der Waals surface area contributed by atoms with Crippen LogP contribution in [0.1, 0.15) is 5.56 Å². The number of likely N-dealkylation sites (N-methyl/N-ethyl adjacent to an activating group) is 1. The molecule has 1 aromatic heterocycles. The molecule has 138 valence electrons. The summed E-state index contributed by atoms with van der Waals surface area (Å²) < 4.78 is 0. The van der Waals surface area contributed by atoms with Gasteiger partial charge in [-0.15, -0.1) is 0 Å². The van der Waals surface area contributed by atoms with Gasteiger partial charge >= 0.3 is 0 Å². The highest BCUT2D eigenvalue weighted by Gasteiger charge is 2.20. The number of hydrogen-bond donors (Lipinski definition) is 0. The van der Waals surface area contributed by atoms with Gasteiger partial charge in [-0.05, 0) is 59.8 Å². The first-order chi connectivity index (χ1) is 13.8. The fourth-order valence-corrected chi connectivity index (χ4v) is 3.94. The predicted molar refractivity (Wildman–Crippen MR) is 115 cm³/mol. The van der Waals surface area contributed by atoms with Crippen molar-refractivity contribution >= 4 is 22.1 Å². The monoisotopic (exact) mass is 366 g/mol. The first-order valence-corrected chi connectivity index (χ1v) is 9.63. The molecule has 1 aliphatic rings. The lowest BCUT2D eigenvalue weighted by molar-refractivity contribution is 0.343. The highest BCUT2D eigenvalue weighted by atomic mass is 15.2. The number of benzene rings is 3. The van der Waals surface area contributed by atoms with Crippen LogP contribution in [0.5, 0.6) is 0 Å². The molecule has 2 heterocycles. The molecule has 4 aromatic rings. The number of rotatable bonds is 2. The Morgan fingerprint density at radius 3 is 2.46 bits per heavy atom. The molecule has 5 rings (SSSR count). The Morgan fingerprint density at radius 1 is 0.786 bits per heavy atom. The van der Waals surface area contributed by atoms with E-state index >= 15 is 0 Å². The summed E-state index contributed by atoms with van der Waals surface area (Å²) in [5, 5.41) is 2.54.